The number of pyridine rings is 1. The van der Waals surface area contributed by atoms with Gasteiger partial charge in [0.15, 0.2) is 11.6 Å². The zero-order valence-electron chi connectivity index (χ0n) is 18.6. The van der Waals surface area contributed by atoms with Crippen LogP contribution in [0.25, 0.3) is 11.1 Å². The number of nitrogens with two attached hydrogens (primary N) is 1. The van der Waals surface area contributed by atoms with Crippen molar-refractivity contribution >= 4 is 29.0 Å². The SMILES string of the molecule is [2H]C1([2H])COC(Cn2cc(-c3cnc(N)c(O[C@H](C)c4c(Cl)ccc(F)c4Cl)c3)cn2)CN1. The Kier molecular flexibility index (Phi) is 5.85. The van der Waals surface area contributed by atoms with Crippen LogP contribution in [0.5, 0.6) is 5.75 Å². The van der Waals surface area contributed by atoms with Gasteiger partial charge in [-0.3, -0.25) is 4.68 Å². The third-order valence-electron chi connectivity index (χ3n) is 4.87. The van der Waals surface area contributed by atoms with Crippen molar-refractivity contribution in [1.29, 1.82) is 0 Å². The molecule has 10 heteroatoms. The normalized spacial score (nSPS) is 20.1. The van der Waals surface area contributed by atoms with E-state index in [0.717, 1.165) is 5.56 Å². The molecule has 3 aromatic rings. The van der Waals surface area contributed by atoms with Gasteiger partial charge in [-0.1, -0.05) is 23.2 Å². The van der Waals surface area contributed by atoms with Crippen molar-refractivity contribution in [2.45, 2.75) is 25.7 Å². The van der Waals surface area contributed by atoms with E-state index in [9.17, 15) is 4.39 Å². The molecular formula is C21H22Cl2FN5O2. The van der Waals surface area contributed by atoms with Crippen molar-refractivity contribution in [3.05, 3.63) is 58.2 Å². The van der Waals surface area contributed by atoms with Gasteiger partial charge in [-0.2, -0.15) is 5.10 Å². The summed E-state index contributed by atoms with van der Waals surface area (Å²) >= 11 is 12.3. The Morgan fingerprint density at radius 1 is 1.42 bits per heavy atom. The van der Waals surface area contributed by atoms with Crippen LogP contribution in [-0.2, 0) is 11.3 Å². The van der Waals surface area contributed by atoms with Gasteiger partial charge in [0.1, 0.15) is 11.9 Å². The highest BCUT2D eigenvalue weighted by molar-refractivity contribution is 6.36. The number of hydrogen-bond donors (Lipinski definition) is 2. The zero-order chi connectivity index (χ0) is 23.8. The Labute approximate surface area is 192 Å². The van der Waals surface area contributed by atoms with Gasteiger partial charge in [-0.15, -0.1) is 0 Å². The molecule has 0 saturated carbocycles. The zero-order valence-corrected chi connectivity index (χ0v) is 18.1. The van der Waals surface area contributed by atoms with Crippen LogP contribution < -0.4 is 15.8 Å². The molecule has 4 rings (SSSR count). The number of benzene rings is 1. The predicted octanol–water partition coefficient (Wildman–Crippen LogP) is 4.10. The average Bonchev–Trinajstić information content (AvgIpc) is 3.23. The summed E-state index contributed by atoms with van der Waals surface area (Å²) in [5.74, 6) is -0.129. The van der Waals surface area contributed by atoms with Gasteiger partial charge < -0.3 is 20.5 Å². The molecule has 0 aliphatic carbocycles. The summed E-state index contributed by atoms with van der Waals surface area (Å²) in [5.41, 5.74) is 7.81. The molecule has 0 amide bonds. The third kappa shape index (κ3) is 4.93. The summed E-state index contributed by atoms with van der Waals surface area (Å²) in [5, 5.41) is 7.34. The largest absolute Gasteiger partial charge is 0.482 e. The first-order valence-electron chi connectivity index (χ1n) is 10.6. The first-order chi connectivity index (χ1) is 15.6. The minimum Gasteiger partial charge on any atom is -0.482 e. The maximum atomic E-state index is 13.9. The number of halogens is 3. The van der Waals surface area contributed by atoms with Crippen LogP contribution in [0.1, 0.15) is 21.3 Å². The first-order valence-corrected chi connectivity index (χ1v) is 10.3. The van der Waals surface area contributed by atoms with Gasteiger partial charge in [0.05, 0.1) is 30.5 Å². The molecule has 7 nitrogen and oxygen atoms in total. The molecule has 1 fully saturated rings. The highest BCUT2D eigenvalue weighted by Gasteiger charge is 2.20. The molecule has 31 heavy (non-hydrogen) atoms. The Bertz CT molecular complexity index is 1150. The number of ether oxygens (including phenoxy) is 2. The van der Waals surface area contributed by atoms with E-state index in [1.807, 2.05) is 6.20 Å². The molecule has 0 radical (unpaired) electrons. The molecule has 3 N–H and O–H groups in total. The second kappa shape index (κ2) is 9.40. The molecule has 1 saturated heterocycles. The minimum atomic E-state index is -1.52. The summed E-state index contributed by atoms with van der Waals surface area (Å²) in [7, 11) is 0. The number of nitrogens with zero attached hydrogens (tertiary/aromatic N) is 3. The Morgan fingerprint density at radius 3 is 3.03 bits per heavy atom. The summed E-state index contributed by atoms with van der Waals surface area (Å²) in [6, 6.07) is 4.33. The fourth-order valence-corrected chi connectivity index (χ4v) is 3.94. The second-order valence-electron chi connectivity index (χ2n) is 7.07. The molecule has 0 spiro atoms. The van der Waals surface area contributed by atoms with Crippen molar-refractivity contribution in [2.24, 2.45) is 0 Å². The molecule has 1 aliphatic rings. The van der Waals surface area contributed by atoms with E-state index in [1.54, 1.807) is 30.1 Å². The Morgan fingerprint density at radius 2 is 2.26 bits per heavy atom. The van der Waals surface area contributed by atoms with Gasteiger partial charge in [0, 0.05) is 49.9 Å². The van der Waals surface area contributed by atoms with E-state index >= 15 is 0 Å². The van der Waals surface area contributed by atoms with Gasteiger partial charge in [-0.25, -0.2) is 9.37 Å². The number of anilines is 1. The Balaban J connectivity index is 1.50. The van der Waals surface area contributed by atoms with Crippen LogP contribution in [-0.4, -0.2) is 40.5 Å². The van der Waals surface area contributed by atoms with E-state index < -0.39 is 18.4 Å². The van der Waals surface area contributed by atoms with E-state index in [0.29, 0.717) is 30.0 Å². The van der Waals surface area contributed by atoms with Crippen LogP contribution in [0.4, 0.5) is 10.2 Å². The van der Waals surface area contributed by atoms with Crippen molar-refractivity contribution in [3.63, 3.8) is 0 Å². The number of aromatic nitrogens is 3. The van der Waals surface area contributed by atoms with Crippen LogP contribution in [0.15, 0.2) is 36.8 Å². The lowest BCUT2D eigenvalue weighted by atomic mass is 10.1. The summed E-state index contributed by atoms with van der Waals surface area (Å²) in [4.78, 5) is 4.20. The van der Waals surface area contributed by atoms with Crippen molar-refractivity contribution in [1.82, 2.24) is 20.1 Å². The molecular weight excluding hydrogens is 444 g/mol. The van der Waals surface area contributed by atoms with Crippen LogP contribution in [0.3, 0.4) is 0 Å². The van der Waals surface area contributed by atoms with E-state index in [1.165, 1.54) is 12.1 Å². The average molecular weight is 468 g/mol. The fourth-order valence-electron chi connectivity index (χ4n) is 3.27. The molecule has 0 bridgehead atoms. The van der Waals surface area contributed by atoms with E-state index in [2.05, 4.69) is 15.4 Å². The van der Waals surface area contributed by atoms with Crippen LogP contribution in [0.2, 0.25) is 10.0 Å². The molecule has 1 aromatic carbocycles. The maximum Gasteiger partial charge on any atom is 0.166 e. The van der Waals surface area contributed by atoms with Gasteiger partial charge in [0.25, 0.3) is 0 Å². The number of rotatable bonds is 6. The standard InChI is InChI=1S/C21H22Cl2FN5O2/c1-12(19-16(22)2-3-17(24)20(19)23)31-18-6-13(7-27-21(18)25)14-8-28-29(10-14)11-15-9-26-4-5-30-15/h2-3,6-8,10,12,15,26H,4-5,9,11H2,1H3,(H2,25,27)/t12-,15?/m1/s1/i4D2. The minimum absolute atomic E-state index is 0.0219. The fraction of sp³-hybridized carbons (Fsp3) is 0.333. The predicted molar refractivity (Wildman–Crippen MR) is 118 cm³/mol. The van der Waals surface area contributed by atoms with Crippen molar-refractivity contribution in [3.8, 4) is 16.9 Å². The number of hydrogen-bond acceptors (Lipinski definition) is 6. The molecule has 3 heterocycles. The smallest absolute Gasteiger partial charge is 0.166 e. The van der Waals surface area contributed by atoms with E-state index in [4.69, 9.17) is 41.2 Å². The number of nitrogens with one attached hydrogen (secondary N) is 1. The Hall–Kier alpha value is -2.39. The summed E-state index contributed by atoms with van der Waals surface area (Å²) in [6.45, 7) is 0.993. The van der Waals surface area contributed by atoms with Gasteiger partial charge in [0.2, 0.25) is 0 Å². The lowest BCUT2D eigenvalue weighted by molar-refractivity contribution is 0.0161. The van der Waals surface area contributed by atoms with Crippen molar-refractivity contribution < 1.29 is 16.6 Å². The maximum absolute atomic E-state index is 13.9. The highest BCUT2D eigenvalue weighted by atomic mass is 35.5. The number of morpholine rings is 1. The van der Waals surface area contributed by atoms with Gasteiger partial charge >= 0.3 is 0 Å². The van der Waals surface area contributed by atoms with E-state index in [-0.39, 0.29) is 28.6 Å². The topological polar surface area (TPSA) is 87.2 Å². The highest BCUT2D eigenvalue weighted by Crippen LogP contribution is 2.36. The van der Waals surface area contributed by atoms with Gasteiger partial charge in [-0.05, 0) is 25.1 Å². The van der Waals surface area contributed by atoms with Crippen LogP contribution in [0, 0.1) is 5.82 Å². The molecule has 1 unspecified atom stereocenters. The number of nitrogen functional groups attached to an aromatic ring is 1. The monoisotopic (exact) mass is 467 g/mol. The molecule has 164 valence electrons. The third-order valence-corrected chi connectivity index (χ3v) is 5.59. The second-order valence-corrected chi connectivity index (χ2v) is 7.85. The quantitative estimate of drug-likeness (QED) is 0.530. The summed E-state index contributed by atoms with van der Waals surface area (Å²) in [6.07, 6.45) is 4.22. The summed E-state index contributed by atoms with van der Waals surface area (Å²) < 4.78 is 42.4. The lowest BCUT2D eigenvalue weighted by Gasteiger charge is -2.23. The lowest BCUT2D eigenvalue weighted by Crippen LogP contribution is -2.40. The van der Waals surface area contributed by atoms with Crippen LogP contribution >= 0.6 is 23.2 Å². The molecule has 2 aromatic heterocycles. The van der Waals surface area contributed by atoms with Crippen molar-refractivity contribution in [2.75, 3.05) is 25.4 Å². The first kappa shape index (κ1) is 19.3. The molecule has 1 aliphatic heterocycles. The molecule has 2 atom stereocenters.